The third kappa shape index (κ3) is 2.71. The molecule has 1 saturated heterocycles. The number of amides is 1. The minimum absolute atomic E-state index is 0.0352. The van der Waals surface area contributed by atoms with E-state index in [-0.39, 0.29) is 17.6 Å². The predicted molar refractivity (Wildman–Crippen MR) is 81.1 cm³/mol. The van der Waals surface area contributed by atoms with Crippen molar-refractivity contribution in [1.82, 2.24) is 14.9 Å². The van der Waals surface area contributed by atoms with Gasteiger partial charge in [-0.1, -0.05) is 6.07 Å². The number of likely N-dealkylation sites (tertiary alicyclic amines) is 1. The van der Waals surface area contributed by atoms with Gasteiger partial charge in [-0.15, -0.1) is 11.3 Å². The molecule has 1 unspecified atom stereocenters. The Bertz CT molecular complexity index is 728. The smallest absolute Gasteiger partial charge is 0.355 e. The standard InChI is InChI=1S/C15H15N3O3S/c1-9-4-2-5-10(16-9)14(19)18-7-3-6-12(18)13-17-11(8-22-13)15(20)21/h2,4-5,8,12H,3,6-7H2,1H3,(H,20,21). The van der Waals surface area contributed by atoms with E-state index in [0.29, 0.717) is 17.2 Å². The van der Waals surface area contributed by atoms with E-state index in [2.05, 4.69) is 9.97 Å². The molecule has 7 heteroatoms. The lowest BCUT2D eigenvalue weighted by Crippen LogP contribution is -2.31. The molecule has 1 N–H and O–H groups in total. The molecule has 1 fully saturated rings. The number of carbonyl (C=O) groups excluding carboxylic acids is 1. The lowest BCUT2D eigenvalue weighted by molar-refractivity contribution is 0.0691. The molecule has 0 aliphatic carbocycles. The van der Waals surface area contributed by atoms with Crippen LogP contribution in [0.4, 0.5) is 0 Å². The Kier molecular flexibility index (Phi) is 3.89. The number of aryl methyl sites for hydroxylation is 1. The summed E-state index contributed by atoms with van der Waals surface area (Å²) in [6.45, 7) is 2.49. The van der Waals surface area contributed by atoms with E-state index >= 15 is 0 Å². The third-order valence-corrected chi connectivity index (χ3v) is 4.59. The van der Waals surface area contributed by atoms with Crippen LogP contribution in [-0.2, 0) is 0 Å². The summed E-state index contributed by atoms with van der Waals surface area (Å²) in [5, 5.41) is 11.2. The molecule has 1 atom stereocenters. The number of hydrogen-bond acceptors (Lipinski definition) is 5. The highest BCUT2D eigenvalue weighted by Crippen LogP contribution is 2.34. The van der Waals surface area contributed by atoms with E-state index in [1.165, 1.54) is 16.7 Å². The lowest BCUT2D eigenvalue weighted by atomic mass is 10.2. The predicted octanol–water partition coefficient (Wildman–Crippen LogP) is 2.52. The van der Waals surface area contributed by atoms with Crippen LogP contribution in [0.2, 0.25) is 0 Å². The Hall–Kier alpha value is -2.28. The lowest BCUT2D eigenvalue weighted by Gasteiger charge is -2.22. The van der Waals surface area contributed by atoms with Gasteiger partial charge in [0.15, 0.2) is 5.69 Å². The molecule has 0 saturated carbocycles. The Balaban J connectivity index is 1.86. The molecule has 0 bridgehead atoms. The third-order valence-electron chi connectivity index (χ3n) is 3.65. The number of nitrogens with zero attached hydrogens (tertiary/aromatic N) is 3. The molecule has 0 spiro atoms. The van der Waals surface area contributed by atoms with Gasteiger partial charge in [0, 0.05) is 17.6 Å². The van der Waals surface area contributed by atoms with Crippen molar-refractivity contribution in [3.63, 3.8) is 0 Å². The van der Waals surface area contributed by atoms with E-state index < -0.39 is 5.97 Å². The fraction of sp³-hybridized carbons (Fsp3) is 0.333. The molecular weight excluding hydrogens is 302 g/mol. The molecule has 114 valence electrons. The van der Waals surface area contributed by atoms with Crippen LogP contribution < -0.4 is 0 Å². The topological polar surface area (TPSA) is 83.4 Å². The van der Waals surface area contributed by atoms with Crippen LogP contribution in [0, 0.1) is 6.92 Å². The van der Waals surface area contributed by atoms with E-state index in [1.54, 1.807) is 11.0 Å². The highest BCUT2D eigenvalue weighted by Gasteiger charge is 2.33. The molecule has 3 rings (SSSR count). The number of carboxylic acid groups (broad SMARTS) is 1. The van der Waals surface area contributed by atoms with Crippen LogP contribution in [0.5, 0.6) is 0 Å². The summed E-state index contributed by atoms with van der Waals surface area (Å²) in [4.78, 5) is 33.8. The Morgan fingerprint density at radius 1 is 1.32 bits per heavy atom. The summed E-state index contributed by atoms with van der Waals surface area (Å²) in [5.74, 6) is -1.17. The van der Waals surface area contributed by atoms with Gasteiger partial charge in [-0.2, -0.15) is 0 Å². The molecular formula is C15H15N3O3S. The minimum Gasteiger partial charge on any atom is -0.476 e. The van der Waals surface area contributed by atoms with E-state index in [9.17, 15) is 9.59 Å². The first-order chi connectivity index (χ1) is 10.6. The highest BCUT2D eigenvalue weighted by atomic mass is 32.1. The van der Waals surface area contributed by atoms with Crippen molar-refractivity contribution < 1.29 is 14.7 Å². The zero-order valence-corrected chi connectivity index (χ0v) is 12.8. The fourth-order valence-corrected chi connectivity index (χ4v) is 3.55. The van der Waals surface area contributed by atoms with E-state index in [0.717, 1.165) is 18.5 Å². The summed E-state index contributed by atoms with van der Waals surface area (Å²) in [6, 6.07) is 5.20. The first-order valence-corrected chi connectivity index (χ1v) is 7.87. The van der Waals surface area contributed by atoms with Crippen LogP contribution in [0.1, 0.15) is 50.6 Å². The molecule has 6 nitrogen and oxygen atoms in total. The zero-order chi connectivity index (χ0) is 15.7. The SMILES string of the molecule is Cc1cccc(C(=O)N2CCCC2c2nc(C(=O)O)cs2)n1. The van der Waals surface area contributed by atoms with Crippen molar-refractivity contribution in [2.45, 2.75) is 25.8 Å². The summed E-state index contributed by atoms with van der Waals surface area (Å²) in [5.41, 5.74) is 1.25. The number of carboxylic acids is 1. The second-order valence-electron chi connectivity index (χ2n) is 5.20. The van der Waals surface area contributed by atoms with Gasteiger partial charge in [0.2, 0.25) is 0 Å². The van der Waals surface area contributed by atoms with Crippen molar-refractivity contribution in [1.29, 1.82) is 0 Å². The van der Waals surface area contributed by atoms with Crippen LogP contribution in [0.3, 0.4) is 0 Å². The minimum atomic E-state index is -1.04. The van der Waals surface area contributed by atoms with Gasteiger partial charge in [0.1, 0.15) is 10.7 Å². The average molecular weight is 317 g/mol. The molecule has 2 aromatic rings. The van der Waals surface area contributed by atoms with Gasteiger partial charge in [0.05, 0.1) is 6.04 Å². The first kappa shape index (κ1) is 14.6. The fourth-order valence-electron chi connectivity index (χ4n) is 2.61. The Morgan fingerprint density at radius 2 is 2.14 bits per heavy atom. The van der Waals surface area contributed by atoms with Crippen molar-refractivity contribution in [2.75, 3.05) is 6.54 Å². The largest absolute Gasteiger partial charge is 0.476 e. The maximum atomic E-state index is 12.6. The molecule has 1 aliphatic heterocycles. The number of thiazole rings is 1. The first-order valence-electron chi connectivity index (χ1n) is 6.99. The maximum absolute atomic E-state index is 12.6. The molecule has 22 heavy (non-hydrogen) atoms. The van der Waals surface area contributed by atoms with Crippen LogP contribution >= 0.6 is 11.3 Å². The van der Waals surface area contributed by atoms with Gasteiger partial charge < -0.3 is 10.0 Å². The normalized spacial score (nSPS) is 17.7. The van der Waals surface area contributed by atoms with Crippen molar-refractivity contribution in [3.8, 4) is 0 Å². The maximum Gasteiger partial charge on any atom is 0.355 e. The van der Waals surface area contributed by atoms with Crippen LogP contribution in [-0.4, -0.2) is 38.4 Å². The number of rotatable bonds is 3. The van der Waals surface area contributed by atoms with Gasteiger partial charge >= 0.3 is 5.97 Å². The van der Waals surface area contributed by atoms with E-state index in [4.69, 9.17) is 5.11 Å². The second kappa shape index (κ2) is 5.84. The summed E-state index contributed by atoms with van der Waals surface area (Å²) in [6.07, 6.45) is 1.67. The Labute approximate surface area is 131 Å². The average Bonchev–Trinajstić information content (AvgIpc) is 3.15. The molecule has 0 aromatic carbocycles. The number of hydrogen-bond donors (Lipinski definition) is 1. The second-order valence-corrected chi connectivity index (χ2v) is 6.09. The van der Waals surface area contributed by atoms with Crippen LogP contribution in [0.15, 0.2) is 23.6 Å². The summed E-state index contributed by atoms with van der Waals surface area (Å²) in [7, 11) is 0. The quantitative estimate of drug-likeness (QED) is 0.940. The molecule has 0 radical (unpaired) electrons. The van der Waals surface area contributed by atoms with Gasteiger partial charge in [-0.25, -0.2) is 14.8 Å². The molecule has 1 aliphatic rings. The van der Waals surface area contributed by atoms with Crippen molar-refractivity contribution >= 4 is 23.2 Å². The monoisotopic (exact) mass is 317 g/mol. The highest BCUT2D eigenvalue weighted by molar-refractivity contribution is 7.09. The number of aromatic carboxylic acids is 1. The molecule has 2 aromatic heterocycles. The van der Waals surface area contributed by atoms with Crippen molar-refractivity contribution in [3.05, 3.63) is 45.7 Å². The van der Waals surface area contributed by atoms with Gasteiger partial charge in [-0.05, 0) is 31.9 Å². The number of pyridine rings is 1. The zero-order valence-electron chi connectivity index (χ0n) is 12.0. The number of carbonyl (C=O) groups is 2. The van der Waals surface area contributed by atoms with E-state index in [1.807, 2.05) is 19.1 Å². The van der Waals surface area contributed by atoms with Crippen molar-refractivity contribution in [2.24, 2.45) is 0 Å². The van der Waals surface area contributed by atoms with Gasteiger partial charge in [-0.3, -0.25) is 4.79 Å². The molecule has 1 amide bonds. The van der Waals surface area contributed by atoms with Crippen LogP contribution in [0.25, 0.3) is 0 Å². The number of aromatic nitrogens is 2. The Morgan fingerprint density at radius 3 is 2.82 bits per heavy atom. The van der Waals surface area contributed by atoms with Gasteiger partial charge in [0.25, 0.3) is 5.91 Å². The summed E-state index contributed by atoms with van der Waals surface area (Å²) >= 11 is 1.29. The summed E-state index contributed by atoms with van der Waals surface area (Å²) < 4.78 is 0. The molecule has 3 heterocycles.